The largest absolute Gasteiger partial charge is 0.294 e. The van der Waals surface area contributed by atoms with Crippen LogP contribution in [0.5, 0.6) is 0 Å². The Morgan fingerprint density at radius 1 is 1.35 bits per heavy atom. The second-order valence-corrected chi connectivity index (χ2v) is 4.07. The molecule has 1 aromatic carbocycles. The lowest BCUT2D eigenvalue weighted by Gasteiger charge is -1.99. The van der Waals surface area contributed by atoms with Gasteiger partial charge in [0.1, 0.15) is 0 Å². The van der Waals surface area contributed by atoms with Crippen molar-refractivity contribution < 1.29 is 4.79 Å². The van der Waals surface area contributed by atoms with Crippen LogP contribution in [0.2, 0.25) is 0 Å². The third-order valence-electron chi connectivity index (χ3n) is 2.39. The van der Waals surface area contributed by atoms with Crippen LogP contribution in [0, 0.1) is 0 Å². The van der Waals surface area contributed by atoms with E-state index in [0.717, 1.165) is 11.3 Å². The molecule has 0 atom stereocenters. The number of Topliss-reactive ketones (excluding diaryl/α,β-unsaturated/α-hetero) is 1. The van der Waals surface area contributed by atoms with E-state index in [-0.39, 0.29) is 5.78 Å². The Balaban J connectivity index is 2.22. The number of hydrogen-bond acceptors (Lipinski definition) is 2. The average Bonchev–Trinajstić information content (AvgIpc) is 2.78. The Hall–Kier alpha value is -2.16. The zero-order chi connectivity index (χ0) is 12.3. The normalized spacial score (nSPS) is 10.2. The molecule has 1 aromatic heterocycles. The van der Waals surface area contributed by atoms with Crippen molar-refractivity contribution in [2.45, 2.75) is 13.3 Å². The molecule has 0 amide bonds. The number of rotatable bonds is 4. The average molecular weight is 226 g/mol. The summed E-state index contributed by atoms with van der Waals surface area (Å²) in [6.07, 6.45) is 3.72. The van der Waals surface area contributed by atoms with E-state index < -0.39 is 0 Å². The van der Waals surface area contributed by atoms with Crippen LogP contribution in [0.15, 0.2) is 54.9 Å². The summed E-state index contributed by atoms with van der Waals surface area (Å²) in [5, 5.41) is 4.18. The zero-order valence-electron chi connectivity index (χ0n) is 9.76. The van der Waals surface area contributed by atoms with E-state index in [1.165, 1.54) is 0 Å². The van der Waals surface area contributed by atoms with E-state index in [2.05, 4.69) is 11.7 Å². The predicted octanol–water partition coefficient (Wildman–Crippen LogP) is 3.02. The fourth-order valence-electron chi connectivity index (χ4n) is 1.56. The minimum atomic E-state index is 0.0553. The first-order valence-corrected chi connectivity index (χ1v) is 5.44. The molecule has 0 bridgehead atoms. The maximum atomic E-state index is 11.8. The van der Waals surface area contributed by atoms with Crippen molar-refractivity contribution in [2.75, 3.05) is 0 Å². The van der Waals surface area contributed by atoms with Crippen molar-refractivity contribution in [1.29, 1.82) is 0 Å². The molecule has 0 aliphatic heterocycles. The number of carbonyl (C=O) groups excluding carboxylic acids is 1. The molecule has 1 heterocycles. The monoisotopic (exact) mass is 226 g/mol. The highest BCUT2D eigenvalue weighted by molar-refractivity contribution is 5.97. The van der Waals surface area contributed by atoms with Crippen molar-refractivity contribution in [3.8, 4) is 5.69 Å². The summed E-state index contributed by atoms with van der Waals surface area (Å²) >= 11 is 0. The molecule has 0 aliphatic rings. The standard InChI is InChI=1S/C14H14N2O/c1-11(2)8-14(17)12-9-15-16(10-12)13-6-4-3-5-7-13/h3-7,9-10H,1,8H2,2H3. The molecule has 0 radical (unpaired) electrons. The molecule has 0 spiro atoms. The summed E-state index contributed by atoms with van der Waals surface area (Å²) in [6.45, 7) is 5.58. The fraction of sp³-hybridized carbons (Fsp3) is 0.143. The third kappa shape index (κ3) is 2.69. The lowest BCUT2D eigenvalue weighted by molar-refractivity contribution is 0.0993. The van der Waals surface area contributed by atoms with Crippen LogP contribution >= 0.6 is 0 Å². The van der Waals surface area contributed by atoms with E-state index in [1.54, 1.807) is 17.1 Å². The van der Waals surface area contributed by atoms with Crippen molar-refractivity contribution in [3.05, 3.63) is 60.4 Å². The first-order valence-electron chi connectivity index (χ1n) is 5.44. The van der Waals surface area contributed by atoms with Crippen molar-refractivity contribution >= 4 is 5.78 Å². The zero-order valence-corrected chi connectivity index (χ0v) is 9.76. The summed E-state index contributed by atoms with van der Waals surface area (Å²) in [6, 6.07) is 9.71. The van der Waals surface area contributed by atoms with E-state index in [1.807, 2.05) is 37.3 Å². The van der Waals surface area contributed by atoms with Gasteiger partial charge in [-0.15, -0.1) is 0 Å². The SMILES string of the molecule is C=C(C)CC(=O)c1cnn(-c2ccccc2)c1. The van der Waals surface area contributed by atoms with Crippen LogP contribution in [0.4, 0.5) is 0 Å². The molecule has 0 N–H and O–H groups in total. The second kappa shape index (κ2) is 4.78. The topological polar surface area (TPSA) is 34.9 Å². The van der Waals surface area contributed by atoms with Crippen LogP contribution in [-0.4, -0.2) is 15.6 Å². The van der Waals surface area contributed by atoms with Gasteiger partial charge in [-0.2, -0.15) is 5.10 Å². The summed E-state index contributed by atoms with van der Waals surface area (Å²) in [5.41, 5.74) is 2.43. The third-order valence-corrected chi connectivity index (χ3v) is 2.39. The Labute approximate surface area is 100 Å². The Kier molecular flexibility index (Phi) is 3.19. The number of carbonyl (C=O) groups is 1. The number of allylic oxidation sites excluding steroid dienone is 1. The summed E-state index contributed by atoms with van der Waals surface area (Å²) in [5.74, 6) is 0.0553. The van der Waals surface area contributed by atoms with E-state index in [4.69, 9.17) is 0 Å². The lowest BCUT2D eigenvalue weighted by Crippen LogP contribution is -1.98. The Bertz CT molecular complexity index is 540. The second-order valence-electron chi connectivity index (χ2n) is 4.07. The molecule has 0 saturated carbocycles. The van der Waals surface area contributed by atoms with Gasteiger partial charge in [0, 0.05) is 12.6 Å². The molecule has 0 unspecified atom stereocenters. The van der Waals surface area contributed by atoms with Crippen molar-refractivity contribution in [3.63, 3.8) is 0 Å². The number of ketones is 1. The van der Waals surface area contributed by atoms with Gasteiger partial charge in [0.2, 0.25) is 0 Å². The van der Waals surface area contributed by atoms with Crippen LogP contribution in [0.1, 0.15) is 23.7 Å². The smallest absolute Gasteiger partial charge is 0.170 e. The molecule has 3 heteroatoms. The molecule has 0 saturated heterocycles. The Morgan fingerprint density at radius 2 is 2.06 bits per heavy atom. The molecule has 2 aromatic rings. The summed E-state index contributed by atoms with van der Waals surface area (Å²) in [7, 11) is 0. The lowest BCUT2D eigenvalue weighted by atomic mass is 10.1. The summed E-state index contributed by atoms with van der Waals surface area (Å²) < 4.78 is 1.70. The number of benzene rings is 1. The number of nitrogens with zero attached hydrogens (tertiary/aromatic N) is 2. The van der Waals surface area contributed by atoms with Gasteiger partial charge in [-0.3, -0.25) is 4.79 Å². The number of hydrogen-bond donors (Lipinski definition) is 0. The fourth-order valence-corrected chi connectivity index (χ4v) is 1.56. The number of aromatic nitrogens is 2. The first-order chi connectivity index (χ1) is 8.16. The molecule has 0 aliphatic carbocycles. The van der Waals surface area contributed by atoms with Crippen LogP contribution < -0.4 is 0 Å². The first kappa shape index (κ1) is 11.3. The summed E-state index contributed by atoms with van der Waals surface area (Å²) in [4.78, 5) is 11.8. The van der Waals surface area contributed by atoms with Gasteiger partial charge in [-0.25, -0.2) is 4.68 Å². The van der Waals surface area contributed by atoms with Crippen LogP contribution in [-0.2, 0) is 0 Å². The minimum absolute atomic E-state index is 0.0553. The van der Waals surface area contributed by atoms with E-state index >= 15 is 0 Å². The predicted molar refractivity (Wildman–Crippen MR) is 67.3 cm³/mol. The highest BCUT2D eigenvalue weighted by Gasteiger charge is 2.09. The maximum Gasteiger partial charge on any atom is 0.170 e. The molecule has 2 rings (SSSR count). The van der Waals surface area contributed by atoms with Crippen LogP contribution in [0.3, 0.4) is 0 Å². The van der Waals surface area contributed by atoms with Gasteiger partial charge in [0.15, 0.2) is 5.78 Å². The van der Waals surface area contributed by atoms with Gasteiger partial charge in [0.05, 0.1) is 17.4 Å². The van der Waals surface area contributed by atoms with Gasteiger partial charge in [-0.1, -0.05) is 30.4 Å². The molecule has 86 valence electrons. The van der Waals surface area contributed by atoms with E-state index in [9.17, 15) is 4.79 Å². The van der Waals surface area contributed by atoms with Crippen LogP contribution in [0.25, 0.3) is 5.69 Å². The van der Waals surface area contributed by atoms with Crippen molar-refractivity contribution in [2.24, 2.45) is 0 Å². The number of para-hydroxylation sites is 1. The quantitative estimate of drug-likeness (QED) is 0.593. The van der Waals surface area contributed by atoms with Gasteiger partial charge in [0.25, 0.3) is 0 Å². The molecule has 3 nitrogen and oxygen atoms in total. The highest BCUT2D eigenvalue weighted by Crippen LogP contribution is 2.11. The molecule has 17 heavy (non-hydrogen) atoms. The van der Waals surface area contributed by atoms with E-state index in [0.29, 0.717) is 12.0 Å². The minimum Gasteiger partial charge on any atom is -0.294 e. The molecular weight excluding hydrogens is 212 g/mol. The van der Waals surface area contributed by atoms with Gasteiger partial charge < -0.3 is 0 Å². The highest BCUT2D eigenvalue weighted by atomic mass is 16.1. The molecule has 0 fully saturated rings. The van der Waals surface area contributed by atoms with Crippen molar-refractivity contribution in [1.82, 2.24) is 9.78 Å². The van der Waals surface area contributed by atoms with Gasteiger partial charge in [-0.05, 0) is 19.1 Å². The molecular formula is C14H14N2O. The van der Waals surface area contributed by atoms with Gasteiger partial charge >= 0.3 is 0 Å². The Morgan fingerprint density at radius 3 is 2.71 bits per heavy atom. The maximum absolute atomic E-state index is 11.8.